The van der Waals surface area contributed by atoms with Gasteiger partial charge in [0, 0.05) is 6.61 Å². The van der Waals surface area contributed by atoms with E-state index in [1.165, 1.54) is 0 Å². The maximum atomic E-state index is 5.27. The van der Waals surface area contributed by atoms with Crippen LogP contribution in [0.2, 0.25) is 0 Å². The predicted octanol–water partition coefficient (Wildman–Crippen LogP) is 0.978. The first-order chi connectivity index (χ1) is 3.62. The van der Waals surface area contributed by atoms with Crippen LogP contribution in [0, 0.1) is 0 Å². The van der Waals surface area contributed by atoms with Crippen molar-refractivity contribution in [3.05, 3.63) is 0 Å². The molecule has 0 unspecified atom stereocenters. The van der Waals surface area contributed by atoms with Gasteiger partial charge in [-0.1, -0.05) is 0 Å². The van der Waals surface area contributed by atoms with E-state index in [2.05, 4.69) is 5.32 Å². The second-order valence-corrected chi connectivity index (χ2v) is 2.19. The third-order valence-electron chi connectivity index (χ3n) is 1.11. The second-order valence-electron chi connectivity index (χ2n) is 2.19. The quantitative estimate of drug-likeness (QED) is 0.556. The highest BCUT2D eigenvalue weighted by Gasteiger charge is 2.11. The zero-order chi connectivity index (χ0) is 6.62. The first-order valence-corrected chi connectivity index (χ1v) is 2.95. The minimum atomic E-state index is -0.158. The molecule has 0 spiro atoms. The molecule has 0 saturated heterocycles. The molecule has 0 aromatic carbocycles. The van der Waals surface area contributed by atoms with E-state index in [4.69, 9.17) is 4.74 Å². The Balaban J connectivity index is 3.37. The molecule has 50 valence electrons. The molecule has 0 bridgehead atoms. The van der Waals surface area contributed by atoms with Crippen LogP contribution in [-0.4, -0.2) is 19.4 Å². The number of hydrogen-bond donors (Lipinski definition) is 1. The fourth-order valence-electron chi connectivity index (χ4n) is 0.433. The van der Waals surface area contributed by atoms with E-state index >= 15 is 0 Å². The van der Waals surface area contributed by atoms with Crippen LogP contribution in [0.15, 0.2) is 0 Å². The van der Waals surface area contributed by atoms with E-state index in [0.29, 0.717) is 0 Å². The van der Waals surface area contributed by atoms with Crippen LogP contribution in [0.1, 0.15) is 20.8 Å². The molecule has 0 atom stereocenters. The van der Waals surface area contributed by atoms with E-state index in [1.54, 1.807) is 0 Å². The Morgan fingerprint density at radius 2 is 2.00 bits per heavy atom. The first-order valence-electron chi connectivity index (χ1n) is 2.95. The standard InChI is InChI=1S/C6H15NO/c1-5-8-6(2,3)7-4/h7H,5H2,1-4H3. The minimum Gasteiger partial charge on any atom is -0.362 e. The summed E-state index contributed by atoms with van der Waals surface area (Å²) in [5, 5.41) is 3.02. The summed E-state index contributed by atoms with van der Waals surface area (Å²) in [6.45, 7) is 6.74. The summed E-state index contributed by atoms with van der Waals surface area (Å²) in [6.07, 6.45) is 0. The summed E-state index contributed by atoms with van der Waals surface area (Å²) >= 11 is 0. The third-order valence-corrected chi connectivity index (χ3v) is 1.11. The zero-order valence-electron chi connectivity index (χ0n) is 6.12. The molecule has 0 fully saturated rings. The molecule has 0 saturated carbocycles. The van der Waals surface area contributed by atoms with Crippen LogP contribution >= 0.6 is 0 Å². The number of nitrogens with one attached hydrogen (secondary N) is 1. The van der Waals surface area contributed by atoms with Gasteiger partial charge in [-0.25, -0.2) is 0 Å². The van der Waals surface area contributed by atoms with Crippen molar-refractivity contribution in [2.24, 2.45) is 0 Å². The smallest absolute Gasteiger partial charge is 0.113 e. The topological polar surface area (TPSA) is 21.3 Å². The number of rotatable bonds is 3. The Hall–Kier alpha value is -0.0800. The molecule has 0 aliphatic rings. The highest BCUT2D eigenvalue weighted by molar-refractivity contribution is 4.59. The van der Waals surface area contributed by atoms with Gasteiger partial charge in [0.1, 0.15) is 5.72 Å². The van der Waals surface area contributed by atoms with Crippen molar-refractivity contribution in [3.8, 4) is 0 Å². The molecule has 0 radical (unpaired) electrons. The zero-order valence-corrected chi connectivity index (χ0v) is 6.12. The van der Waals surface area contributed by atoms with Crippen LogP contribution in [0.5, 0.6) is 0 Å². The normalized spacial score (nSPS) is 12.0. The summed E-state index contributed by atoms with van der Waals surface area (Å²) in [5.74, 6) is 0. The van der Waals surface area contributed by atoms with Gasteiger partial charge < -0.3 is 4.74 Å². The molecule has 0 aliphatic carbocycles. The fraction of sp³-hybridized carbons (Fsp3) is 1.00. The molecular weight excluding hydrogens is 102 g/mol. The largest absolute Gasteiger partial charge is 0.362 e. The van der Waals surface area contributed by atoms with Crippen molar-refractivity contribution >= 4 is 0 Å². The van der Waals surface area contributed by atoms with Crippen molar-refractivity contribution in [2.75, 3.05) is 13.7 Å². The highest BCUT2D eigenvalue weighted by Crippen LogP contribution is 2.00. The van der Waals surface area contributed by atoms with Gasteiger partial charge in [0.05, 0.1) is 0 Å². The maximum absolute atomic E-state index is 5.27. The van der Waals surface area contributed by atoms with Crippen molar-refractivity contribution in [1.82, 2.24) is 5.32 Å². The van der Waals surface area contributed by atoms with E-state index in [0.717, 1.165) is 6.61 Å². The summed E-state index contributed by atoms with van der Waals surface area (Å²) in [4.78, 5) is 0. The summed E-state index contributed by atoms with van der Waals surface area (Å²) < 4.78 is 5.27. The summed E-state index contributed by atoms with van der Waals surface area (Å²) in [6, 6.07) is 0. The Bertz CT molecular complexity index is 61.5. The molecule has 0 aliphatic heterocycles. The van der Waals surface area contributed by atoms with Crippen molar-refractivity contribution < 1.29 is 4.74 Å². The van der Waals surface area contributed by atoms with E-state index in [9.17, 15) is 0 Å². The van der Waals surface area contributed by atoms with E-state index in [-0.39, 0.29) is 5.72 Å². The molecule has 1 N–H and O–H groups in total. The highest BCUT2D eigenvalue weighted by atomic mass is 16.5. The Morgan fingerprint density at radius 3 is 2.12 bits per heavy atom. The molecule has 0 amide bonds. The lowest BCUT2D eigenvalue weighted by Crippen LogP contribution is -2.38. The van der Waals surface area contributed by atoms with Gasteiger partial charge in [-0.05, 0) is 27.8 Å². The lowest BCUT2D eigenvalue weighted by molar-refractivity contribution is -0.0305. The van der Waals surface area contributed by atoms with Gasteiger partial charge in [-0.3, -0.25) is 5.32 Å². The molecule has 2 heteroatoms. The monoisotopic (exact) mass is 117 g/mol. The average Bonchev–Trinajstić information content (AvgIpc) is 1.67. The van der Waals surface area contributed by atoms with Gasteiger partial charge >= 0.3 is 0 Å². The SMILES string of the molecule is CCOC(C)(C)NC. The van der Waals surface area contributed by atoms with E-state index in [1.807, 2.05) is 27.8 Å². The molecule has 0 aromatic rings. The molecular formula is C6H15NO. The molecule has 2 nitrogen and oxygen atoms in total. The van der Waals surface area contributed by atoms with Crippen LogP contribution in [0.4, 0.5) is 0 Å². The third kappa shape index (κ3) is 2.99. The molecule has 0 rings (SSSR count). The Morgan fingerprint density at radius 1 is 1.50 bits per heavy atom. The van der Waals surface area contributed by atoms with Gasteiger partial charge in [-0.2, -0.15) is 0 Å². The average molecular weight is 117 g/mol. The number of ether oxygens (including phenoxy) is 1. The first kappa shape index (κ1) is 7.92. The maximum Gasteiger partial charge on any atom is 0.113 e. The molecule has 0 aromatic heterocycles. The van der Waals surface area contributed by atoms with Gasteiger partial charge in [0.25, 0.3) is 0 Å². The second kappa shape index (κ2) is 3.05. The fourth-order valence-corrected chi connectivity index (χ4v) is 0.433. The van der Waals surface area contributed by atoms with Gasteiger partial charge in [-0.15, -0.1) is 0 Å². The lowest BCUT2D eigenvalue weighted by atomic mass is 10.3. The van der Waals surface area contributed by atoms with Crippen molar-refractivity contribution in [3.63, 3.8) is 0 Å². The summed E-state index contributed by atoms with van der Waals surface area (Å²) in [7, 11) is 1.88. The molecule has 8 heavy (non-hydrogen) atoms. The van der Waals surface area contributed by atoms with Crippen molar-refractivity contribution in [1.29, 1.82) is 0 Å². The minimum absolute atomic E-state index is 0.158. The molecule has 0 heterocycles. The van der Waals surface area contributed by atoms with Crippen LogP contribution in [0.3, 0.4) is 0 Å². The van der Waals surface area contributed by atoms with Gasteiger partial charge in [0.15, 0.2) is 0 Å². The van der Waals surface area contributed by atoms with Crippen molar-refractivity contribution in [2.45, 2.75) is 26.5 Å². The summed E-state index contributed by atoms with van der Waals surface area (Å²) in [5.41, 5.74) is -0.158. The van der Waals surface area contributed by atoms with Gasteiger partial charge in [0.2, 0.25) is 0 Å². The Labute approximate surface area is 51.2 Å². The van der Waals surface area contributed by atoms with E-state index < -0.39 is 0 Å². The van der Waals surface area contributed by atoms with Crippen LogP contribution < -0.4 is 5.32 Å². The Kier molecular flexibility index (Phi) is 3.02. The van der Waals surface area contributed by atoms with Crippen LogP contribution in [0.25, 0.3) is 0 Å². The predicted molar refractivity (Wildman–Crippen MR) is 34.8 cm³/mol. The van der Waals surface area contributed by atoms with Crippen LogP contribution in [-0.2, 0) is 4.74 Å². The lowest BCUT2D eigenvalue weighted by Gasteiger charge is -2.23. The number of hydrogen-bond acceptors (Lipinski definition) is 2.